The summed E-state index contributed by atoms with van der Waals surface area (Å²) in [6.07, 6.45) is 16.1. The molecule has 9 rings (SSSR count). The summed E-state index contributed by atoms with van der Waals surface area (Å²) in [7, 11) is -23.9. The van der Waals surface area contributed by atoms with E-state index < -0.39 is 131 Å². The van der Waals surface area contributed by atoms with Crippen molar-refractivity contribution in [2.24, 2.45) is 5.92 Å². The first kappa shape index (κ1) is 94.1. The van der Waals surface area contributed by atoms with E-state index in [1.54, 1.807) is 43.6 Å². The summed E-state index contributed by atoms with van der Waals surface area (Å²) in [6, 6.07) is 13.5. The molecule has 0 radical (unpaired) electrons. The molecule has 2 aliphatic rings. The molecular weight excluding hydrogens is 1670 g/mol. The smallest absolute Gasteiger partial charge is 0.295 e. The molecule has 0 bridgehead atoms. The van der Waals surface area contributed by atoms with Gasteiger partial charge in [0.05, 0.1) is 98.0 Å². The number of halogens is 1. The Morgan fingerprint density at radius 3 is 1.84 bits per heavy atom. The standard InChI is InChI=1S/C77H100FN12O23PS5/c1-9-114-64-31-29-59-61(44-57(117(101,102)103)46-66(59)119(107,108)109)72(64)77(6,7)68(114)22-13-10-12-21-67-76(4,5)71-60-43-56(116(98,99)100)45-65(118(104,105)106)58(60)28-30-63(71)89(67)35-17-11-14-23-69(91)79-33-16-15-20-62(81-70(92)50-88-47-52(82-86-88)19-18-32-78)74(93)80-34-37-111-39-41-113-42-40-112-38-36-87-48-53(83-85-87)49-90(73(51(2)3)75(94)84-95)115(96,97)55-26-24-54(110-8)25-27-55/h10,12-13,21-22,24-31,43-48,51,62,73H,9,11,14-20,23,32-42,49-50H2,1-8H3,(H8-,79,80,81,82,83,84,85,86,91,92,93,94,95,98,99,100,101,102,103,104,105,106,107,108,109)/p+1/t62-,73+,114?/m0/s1. The number of fused-ring (bicyclic) bond motifs is 6. The summed E-state index contributed by atoms with van der Waals surface area (Å²) in [5.74, 6) is -2.31. The molecule has 0 spiro atoms. The molecule has 648 valence electrons. The molecular formula is C77H101FN12O23PS5+. The fraction of sp³-hybridized carbons (Fsp3) is 0.468. The van der Waals surface area contributed by atoms with Crippen LogP contribution in [0.15, 0.2) is 145 Å². The van der Waals surface area contributed by atoms with Crippen LogP contribution in [0.2, 0.25) is 0 Å². The highest BCUT2D eigenvalue weighted by atomic mass is 32.2. The molecule has 9 N–H and O–H groups in total. The van der Waals surface area contributed by atoms with Gasteiger partial charge in [0.15, 0.2) is 5.71 Å². The maximum atomic E-state index is 13.9. The van der Waals surface area contributed by atoms with Crippen molar-refractivity contribution in [3.05, 3.63) is 143 Å². The van der Waals surface area contributed by atoms with Gasteiger partial charge < -0.3 is 34.9 Å². The van der Waals surface area contributed by atoms with Crippen molar-refractivity contribution in [2.45, 2.75) is 173 Å². The molecule has 42 heteroatoms. The lowest BCUT2D eigenvalue weighted by Crippen LogP contribution is -2.51. The van der Waals surface area contributed by atoms with Gasteiger partial charge in [0.2, 0.25) is 33.4 Å². The Balaban J connectivity index is 0.764. The van der Waals surface area contributed by atoms with E-state index in [0.29, 0.717) is 91.3 Å². The van der Waals surface area contributed by atoms with Crippen LogP contribution in [0.1, 0.15) is 122 Å². The van der Waals surface area contributed by atoms with Crippen LogP contribution in [0.4, 0.5) is 10.1 Å². The number of benzene rings is 5. The summed E-state index contributed by atoms with van der Waals surface area (Å²) in [4.78, 5) is 50.2. The summed E-state index contributed by atoms with van der Waals surface area (Å²) >= 11 is 0. The molecule has 2 aliphatic heterocycles. The van der Waals surface area contributed by atoms with Crippen LogP contribution in [0.5, 0.6) is 5.75 Å². The summed E-state index contributed by atoms with van der Waals surface area (Å²) in [5, 5.41) is 36.4. The summed E-state index contributed by atoms with van der Waals surface area (Å²) in [5.41, 5.74) is 2.85. The number of nitrogens with one attached hydrogen (secondary N) is 4. The topological polar surface area (TPSA) is 493 Å². The van der Waals surface area contributed by atoms with Gasteiger partial charge in [-0.1, -0.05) is 81.5 Å². The van der Waals surface area contributed by atoms with E-state index in [9.17, 15) is 89.1 Å². The Morgan fingerprint density at radius 1 is 0.630 bits per heavy atom. The Labute approximate surface area is 692 Å². The minimum absolute atomic E-state index is 0.0000188. The third-order valence-corrected chi connectivity index (χ3v) is 28.4. The molecule has 5 aromatic carbocycles. The summed E-state index contributed by atoms with van der Waals surface area (Å²) < 4.78 is 211. The Kier molecular flexibility index (Phi) is 32.2. The molecule has 0 saturated heterocycles. The normalized spacial score (nSPS) is 15.9. The lowest BCUT2D eigenvalue weighted by molar-refractivity contribution is -0.438. The number of amides is 4. The van der Waals surface area contributed by atoms with Crippen molar-refractivity contribution >= 4 is 120 Å². The van der Waals surface area contributed by atoms with Crippen LogP contribution in [-0.4, -0.2) is 225 Å². The molecule has 0 saturated carbocycles. The lowest BCUT2D eigenvalue weighted by Gasteiger charge is -2.31. The minimum Gasteiger partial charge on any atom is -0.497 e. The Bertz CT molecular complexity index is 5610. The van der Waals surface area contributed by atoms with Gasteiger partial charge in [0, 0.05) is 72.2 Å². The number of methoxy groups -OCH3 is 1. The number of hydroxylamine groups is 1. The van der Waals surface area contributed by atoms with E-state index in [0.717, 1.165) is 27.1 Å². The number of ether oxygens (including phenoxy) is 4. The van der Waals surface area contributed by atoms with Gasteiger partial charge in [-0.05, 0) is 160 Å². The van der Waals surface area contributed by atoms with Crippen molar-refractivity contribution in [1.29, 1.82) is 0 Å². The fourth-order valence-electron chi connectivity index (χ4n) is 14.7. The van der Waals surface area contributed by atoms with Gasteiger partial charge in [-0.15, -0.1) is 10.2 Å². The average molecular weight is 1770 g/mol. The molecule has 4 amide bonds. The number of unbranched alkanes of at least 4 members (excludes halogenated alkanes) is 3. The van der Waals surface area contributed by atoms with Crippen LogP contribution in [-0.2, 0) is 121 Å². The van der Waals surface area contributed by atoms with E-state index in [2.05, 4.69) is 36.6 Å². The first-order valence-corrected chi connectivity index (χ1v) is 47.0. The average Bonchev–Trinajstić information content (AvgIpc) is 1.58. The van der Waals surface area contributed by atoms with Crippen LogP contribution >= 0.6 is 7.92 Å². The number of sulfonamides is 1. The molecule has 35 nitrogen and oxygen atoms in total. The second kappa shape index (κ2) is 40.7. The predicted molar refractivity (Wildman–Crippen MR) is 438 cm³/mol. The number of allylic oxidation sites excluding steroid dienone is 6. The van der Waals surface area contributed by atoms with Gasteiger partial charge in [0.1, 0.15) is 40.7 Å². The number of alkyl halides is 1. The highest BCUT2D eigenvalue weighted by Gasteiger charge is 2.47. The number of aromatic nitrogens is 6. The van der Waals surface area contributed by atoms with E-state index in [1.807, 2.05) is 57.4 Å². The second-order valence-electron chi connectivity index (χ2n) is 29.6. The van der Waals surface area contributed by atoms with Crippen LogP contribution in [0.3, 0.4) is 0 Å². The monoisotopic (exact) mass is 1770 g/mol. The number of carbonyl (C=O) groups excluding carboxylic acids is 4. The van der Waals surface area contributed by atoms with Gasteiger partial charge in [-0.3, -0.25) is 47.0 Å². The molecule has 4 heterocycles. The second-order valence-corrected chi connectivity index (χ2v) is 39.6. The minimum atomic E-state index is -5.05. The highest BCUT2D eigenvalue weighted by Crippen LogP contribution is 2.61. The molecule has 7 aromatic rings. The first-order chi connectivity index (χ1) is 56.2. The van der Waals surface area contributed by atoms with Crippen LogP contribution in [0, 0.1) is 5.92 Å². The lowest BCUT2D eigenvalue weighted by atomic mass is 9.79. The predicted octanol–water partition coefficient (Wildman–Crippen LogP) is 7.18. The van der Waals surface area contributed by atoms with Gasteiger partial charge >= 0.3 is 0 Å². The van der Waals surface area contributed by atoms with E-state index in [4.69, 9.17) is 18.9 Å². The quantitative estimate of drug-likeness (QED) is 0.00347. The number of hydrogen-bond acceptors (Lipinski definition) is 23. The Hall–Kier alpha value is -8.78. The van der Waals surface area contributed by atoms with Crippen LogP contribution in [0.25, 0.3) is 21.5 Å². The SMILES string of the molecule is CCP1C(=CC=CC=CC2=[N+](CCCCCC(=O)NCCCC[C@H](NC(=O)Cn3cc(CCCF)nn3)C(=O)NCCOCCOCCOCCn3cc(CN([C@@H](C(=O)NO)C(C)C)S(=O)(=O)c4ccc(OC)cc4)nn3)c3ccc4c(S(=O)(=O)O)cc(S(=O)(=O)O)cc4c3C2(C)C)C(C)(C)c2c1ccc1c(S(=O)(=O)O)cc(S(=O)(=O)O)cc21. The fourth-order valence-corrected chi connectivity index (χ4v) is 22.0. The third-order valence-electron chi connectivity index (χ3n) is 20.3. The van der Waals surface area contributed by atoms with E-state index in [1.165, 1.54) is 71.3 Å². The maximum Gasteiger partial charge on any atom is 0.295 e. The van der Waals surface area contributed by atoms with Crippen LogP contribution < -0.4 is 31.5 Å². The maximum absolute atomic E-state index is 13.9. The highest BCUT2D eigenvalue weighted by molar-refractivity contribution is 7.89. The number of nitrogens with zero attached hydrogens (tertiary/aromatic N) is 8. The molecule has 0 aliphatic carbocycles. The van der Waals surface area contributed by atoms with Gasteiger partial charge in [0.25, 0.3) is 46.4 Å². The molecule has 3 atom stereocenters. The van der Waals surface area contributed by atoms with Crippen molar-refractivity contribution < 1.29 is 113 Å². The van der Waals surface area contributed by atoms with Crippen molar-refractivity contribution in [3.63, 3.8) is 0 Å². The van der Waals surface area contributed by atoms with E-state index in [-0.39, 0.29) is 130 Å². The molecule has 119 heavy (non-hydrogen) atoms. The van der Waals surface area contributed by atoms with E-state index >= 15 is 0 Å². The van der Waals surface area contributed by atoms with Crippen molar-refractivity contribution in [1.82, 2.24) is 55.7 Å². The number of rotatable bonds is 46. The van der Waals surface area contributed by atoms with Crippen molar-refractivity contribution in [2.75, 3.05) is 79.2 Å². The first-order valence-electron chi connectivity index (χ1n) is 38.3. The van der Waals surface area contributed by atoms with Gasteiger partial charge in [-0.2, -0.15) is 42.6 Å². The zero-order valence-electron chi connectivity index (χ0n) is 67.0. The number of carbonyl (C=O) groups is 4. The zero-order valence-corrected chi connectivity index (χ0v) is 72.0. The zero-order chi connectivity index (χ0) is 87.0. The summed E-state index contributed by atoms with van der Waals surface area (Å²) in [6.45, 7) is 13.6. The largest absolute Gasteiger partial charge is 0.497 e. The number of hydrogen-bond donors (Lipinski definition) is 9. The molecule has 1 unspecified atom stereocenters. The van der Waals surface area contributed by atoms with Gasteiger partial charge in [-0.25, -0.2) is 23.3 Å². The Morgan fingerprint density at radius 2 is 1.24 bits per heavy atom. The van der Waals surface area contributed by atoms with Crippen molar-refractivity contribution in [3.8, 4) is 5.75 Å². The number of aryl methyl sites for hydroxylation is 1. The molecule has 2 aromatic heterocycles. The molecule has 0 fully saturated rings. The third kappa shape index (κ3) is 23.7.